The summed E-state index contributed by atoms with van der Waals surface area (Å²) in [6, 6.07) is 0. The molecule has 0 aromatic heterocycles. The first kappa shape index (κ1) is 13.4. The summed E-state index contributed by atoms with van der Waals surface area (Å²) < 4.78 is 4.92. The van der Waals surface area contributed by atoms with E-state index in [0.29, 0.717) is 6.54 Å². The molecule has 1 N–H and O–H groups in total. The van der Waals surface area contributed by atoms with Crippen molar-refractivity contribution in [1.29, 1.82) is 0 Å². The van der Waals surface area contributed by atoms with Gasteiger partial charge in [-0.1, -0.05) is 0 Å². The smallest absolute Gasteiger partial charge is 0.236 e. The van der Waals surface area contributed by atoms with Gasteiger partial charge in [0.15, 0.2) is 0 Å². The Labute approximate surface area is 86.6 Å². The minimum absolute atomic E-state index is 0.152. The van der Waals surface area contributed by atoms with E-state index in [9.17, 15) is 4.79 Å². The van der Waals surface area contributed by atoms with Gasteiger partial charge in [-0.05, 0) is 26.3 Å². The zero-order valence-corrected chi connectivity index (χ0v) is 9.51. The Balaban J connectivity index is 3.23. The molecule has 4 heteroatoms. The van der Waals surface area contributed by atoms with E-state index in [0.717, 1.165) is 32.5 Å². The van der Waals surface area contributed by atoms with Crippen LogP contribution in [0.4, 0.5) is 0 Å². The van der Waals surface area contributed by atoms with Gasteiger partial charge in [-0.2, -0.15) is 0 Å². The summed E-state index contributed by atoms with van der Waals surface area (Å²) in [6.45, 7) is 4.86. The zero-order valence-electron chi connectivity index (χ0n) is 9.51. The highest BCUT2D eigenvalue weighted by Gasteiger charge is 2.04. The molecule has 0 fully saturated rings. The minimum atomic E-state index is 0.152. The molecule has 0 aliphatic heterocycles. The Kier molecular flexibility index (Phi) is 8.57. The lowest BCUT2D eigenvalue weighted by Crippen LogP contribution is -2.35. The minimum Gasteiger partial charge on any atom is -0.385 e. The molecule has 0 atom stereocenters. The number of hydrogen-bond donors (Lipinski definition) is 1. The largest absolute Gasteiger partial charge is 0.385 e. The van der Waals surface area contributed by atoms with Crippen LogP contribution in [0.2, 0.25) is 0 Å². The number of hydrogen-bond acceptors (Lipinski definition) is 3. The summed E-state index contributed by atoms with van der Waals surface area (Å²) in [6.07, 6.45) is 2.10. The van der Waals surface area contributed by atoms with Crippen molar-refractivity contribution < 1.29 is 9.53 Å². The molecule has 0 aliphatic rings. The standard InChI is InChI=1S/C10H22N2O2/c1-4-12(2)10(13)9-11-7-5-6-8-14-3/h11H,4-9H2,1-3H3. The van der Waals surface area contributed by atoms with Crippen molar-refractivity contribution in [2.75, 3.05) is 40.4 Å². The summed E-state index contributed by atoms with van der Waals surface area (Å²) in [5, 5.41) is 3.11. The van der Waals surface area contributed by atoms with Gasteiger partial charge in [-0.15, -0.1) is 0 Å². The number of ether oxygens (including phenoxy) is 1. The van der Waals surface area contributed by atoms with Gasteiger partial charge < -0.3 is 15.0 Å². The molecule has 0 unspecified atom stereocenters. The maximum Gasteiger partial charge on any atom is 0.236 e. The molecule has 0 bridgehead atoms. The van der Waals surface area contributed by atoms with Crippen LogP contribution in [0, 0.1) is 0 Å². The molecule has 0 rings (SSSR count). The Hall–Kier alpha value is -0.610. The molecule has 4 nitrogen and oxygen atoms in total. The lowest BCUT2D eigenvalue weighted by atomic mass is 10.3. The lowest BCUT2D eigenvalue weighted by Gasteiger charge is -2.14. The van der Waals surface area contributed by atoms with Gasteiger partial charge in [0.25, 0.3) is 0 Å². The number of carbonyl (C=O) groups excluding carboxylic acids is 1. The summed E-state index contributed by atoms with van der Waals surface area (Å²) in [5.74, 6) is 0.152. The molecule has 0 saturated carbocycles. The van der Waals surface area contributed by atoms with Gasteiger partial charge in [-0.3, -0.25) is 4.79 Å². The topological polar surface area (TPSA) is 41.6 Å². The molecule has 14 heavy (non-hydrogen) atoms. The third kappa shape index (κ3) is 6.86. The molecule has 0 radical (unpaired) electrons. The number of nitrogens with zero attached hydrogens (tertiary/aromatic N) is 1. The van der Waals surface area contributed by atoms with E-state index in [1.165, 1.54) is 0 Å². The Morgan fingerprint density at radius 2 is 2.14 bits per heavy atom. The average molecular weight is 202 g/mol. The normalized spacial score (nSPS) is 10.2. The van der Waals surface area contributed by atoms with Crippen molar-refractivity contribution in [3.8, 4) is 0 Å². The SMILES string of the molecule is CCN(C)C(=O)CNCCCCOC. The third-order valence-corrected chi connectivity index (χ3v) is 2.13. The number of amides is 1. The van der Waals surface area contributed by atoms with Crippen molar-refractivity contribution >= 4 is 5.91 Å². The Morgan fingerprint density at radius 1 is 1.43 bits per heavy atom. The summed E-state index contributed by atoms with van der Waals surface area (Å²) in [5.41, 5.74) is 0. The zero-order chi connectivity index (χ0) is 10.8. The molecular formula is C10H22N2O2. The summed E-state index contributed by atoms with van der Waals surface area (Å²) in [4.78, 5) is 13.0. The van der Waals surface area contributed by atoms with Crippen molar-refractivity contribution in [2.24, 2.45) is 0 Å². The first-order chi connectivity index (χ1) is 6.72. The summed E-state index contributed by atoms with van der Waals surface area (Å²) in [7, 11) is 3.52. The van der Waals surface area contributed by atoms with Crippen LogP contribution >= 0.6 is 0 Å². The molecule has 0 heterocycles. The van der Waals surface area contributed by atoms with E-state index in [1.807, 2.05) is 14.0 Å². The van der Waals surface area contributed by atoms with Crippen LogP contribution in [0.3, 0.4) is 0 Å². The van der Waals surface area contributed by atoms with E-state index < -0.39 is 0 Å². The monoisotopic (exact) mass is 202 g/mol. The van der Waals surface area contributed by atoms with E-state index >= 15 is 0 Å². The van der Waals surface area contributed by atoms with Gasteiger partial charge in [0.2, 0.25) is 5.91 Å². The van der Waals surface area contributed by atoms with Crippen LogP contribution in [-0.4, -0.2) is 51.2 Å². The van der Waals surface area contributed by atoms with E-state index in [4.69, 9.17) is 4.74 Å². The second-order valence-corrected chi connectivity index (χ2v) is 3.28. The van der Waals surface area contributed by atoms with Crippen molar-refractivity contribution in [2.45, 2.75) is 19.8 Å². The van der Waals surface area contributed by atoms with E-state index in [-0.39, 0.29) is 5.91 Å². The molecule has 0 saturated heterocycles. The van der Waals surface area contributed by atoms with Crippen LogP contribution in [0.25, 0.3) is 0 Å². The second kappa shape index (κ2) is 8.97. The maximum absolute atomic E-state index is 11.3. The van der Waals surface area contributed by atoms with Gasteiger partial charge >= 0.3 is 0 Å². The predicted octanol–water partition coefficient (Wildman–Crippen LogP) is 0.481. The summed E-state index contributed by atoms with van der Waals surface area (Å²) >= 11 is 0. The van der Waals surface area contributed by atoms with Gasteiger partial charge in [0, 0.05) is 27.3 Å². The molecule has 0 aliphatic carbocycles. The van der Waals surface area contributed by atoms with Crippen molar-refractivity contribution in [3.63, 3.8) is 0 Å². The number of methoxy groups -OCH3 is 1. The number of rotatable bonds is 8. The van der Waals surface area contributed by atoms with E-state index in [1.54, 1.807) is 12.0 Å². The van der Waals surface area contributed by atoms with Crippen LogP contribution in [0.15, 0.2) is 0 Å². The maximum atomic E-state index is 11.3. The predicted molar refractivity (Wildman–Crippen MR) is 57.3 cm³/mol. The molecule has 1 amide bonds. The fourth-order valence-corrected chi connectivity index (χ4v) is 1.00. The lowest BCUT2D eigenvalue weighted by molar-refractivity contribution is -0.128. The quantitative estimate of drug-likeness (QED) is 0.582. The Bertz CT molecular complexity index is 151. The first-order valence-electron chi connectivity index (χ1n) is 5.16. The molecule has 0 spiro atoms. The van der Waals surface area contributed by atoms with Gasteiger partial charge in [0.05, 0.1) is 6.54 Å². The van der Waals surface area contributed by atoms with Crippen LogP contribution in [-0.2, 0) is 9.53 Å². The molecule has 0 aromatic carbocycles. The number of nitrogens with one attached hydrogen (secondary N) is 1. The average Bonchev–Trinajstić information content (AvgIpc) is 2.21. The number of likely N-dealkylation sites (N-methyl/N-ethyl adjacent to an activating group) is 1. The second-order valence-electron chi connectivity index (χ2n) is 3.28. The van der Waals surface area contributed by atoms with Gasteiger partial charge in [-0.25, -0.2) is 0 Å². The third-order valence-electron chi connectivity index (χ3n) is 2.13. The highest BCUT2D eigenvalue weighted by molar-refractivity contribution is 5.77. The Morgan fingerprint density at radius 3 is 2.71 bits per heavy atom. The van der Waals surface area contributed by atoms with Crippen LogP contribution in [0.1, 0.15) is 19.8 Å². The highest BCUT2D eigenvalue weighted by atomic mass is 16.5. The number of carbonyl (C=O) groups is 1. The molecular weight excluding hydrogens is 180 g/mol. The fourth-order valence-electron chi connectivity index (χ4n) is 1.00. The van der Waals surface area contributed by atoms with E-state index in [2.05, 4.69) is 5.32 Å². The first-order valence-corrected chi connectivity index (χ1v) is 5.16. The van der Waals surface area contributed by atoms with Crippen molar-refractivity contribution in [1.82, 2.24) is 10.2 Å². The van der Waals surface area contributed by atoms with Gasteiger partial charge in [0.1, 0.15) is 0 Å². The fraction of sp³-hybridized carbons (Fsp3) is 0.900. The van der Waals surface area contributed by atoms with Crippen molar-refractivity contribution in [3.05, 3.63) is 0 Å². The van der Waals surface area contributed by atoms with Crippen LogP contribution < -0.4 is 5.32 Å². The molecule has 84 valence electrons. The molecule has 0 aromatic rings. The highest BCUT2D eigenvalue weighted by Crippen LogP contribution is 1.87. The number of unbranched alkanes of at least 4 members (excludes halogenated alkanes) is 1. The van der Waals surface area contributed by atoms with Crippen LogP contribution in [0.5, 0.6) is 0 Å².